The third-order valence-corrected chi connectivity index (χ3v) is 4.69. The van der Waals surface area contributed by atoms with Crippen LogP contribution in [0.25, 0.3) is 5.57 Å². The third kappa shape index (κ3) is 3.56. The topological polar surface area (TPSA) is 52.7 Å². The Morgan fingerprint density at radius 1 is 0.926 bits per heavy atom. The van der Waals surface area contributed by atoms with Gasteiger partial charge in [-0.25, -0.2) is 4.39 Å². The molecule has 6 heteroatoms. The van der Waals surface area contributed by atoms with E-state index in [2.05, 4.69) is 24.1 Å². The minimum atomic E-state index is -0.410. The van der Waals surface area contributed by atoms with E-state index in [4.69, 9.17) is 0 Å². The highest BCUT2D eigenvalue weighted by Gasteiger charge is 2.36. The van der Waals surface area contributed by atoms with Crippen molar-refractivity contribution in [2.45, 2.75) is 13.8 Å². The first kappa shape index (κ1) is 18.6. The number of nitrogens with one attached hydrogen (secondary N) is 1. The molecule has 27 heavy (non-hydrogen) atoms. The van der Waals surface area contributed by atoms with Crippen LogP contribution in [0.3, 0.4) is 0 Å². The molecule has 0 unspecified atom stereocenters. The van der Waals surface area contributed by atoms with Crippen LogP contribution in [0.4, 0.5) is 15.8 Å². The first-order chi connectivity index (χ1) is 13.0. The van der Waals surface area contributed by atoms with E-state index in [-0.39, 0.29) is 11.3 Å². The van der Waals surface area contributed by atoms with Crippen molar-refractivity contribution in [1.29, 1.82) is 0 Å². The Kier molecular flexibility index (Phi) is 5.26. The second-order valence-electron chi connectivity index (χ2n) is 6.27. The smallest absolute Gasteiger partial charge is 0.277 e. The average Bonchev–Trinajstić information content (AvgIpc) is 2.89. The molecule has 2 amide bonds. The number of hydrogen-bond donors (Lipinski definition) is 1. The van der Waals surface area contributed by atoms with Gasteiger partial charge in [0.25, 0.3) is 11.8 Å². The molecule has 1 heterocycles. The number of carbonyl (C=O) groups excluding carboxylic acids is 2. The third-order valence-electron chi connectivity index (χ3n) is 4.69. The van der Waals surface area contributed by atoms with Gasteiger partial charge >= 0.3 is 0 Å². The fourth-order valence-electron chi connectivity index (χ4n) is 3.13. The lowest BCUT2D eigenvalue weighted by Gasteiger charge is -2.21. The molecular formula is C21H22FN3O2. The summed E-state index contributed by atoms with van der Waals surface area (Å²) in [4.78, 5) is 28.3. The van der Waals surface area contributed by atoms with Crippen LogP contribution in [0.1, 0.15) is 19.4 Å². The van der Waals surface area contributed by atoms with Gasteiger partial charge < -0.3 is 10.2 Å². The maximum absolute atomic E-state index is 13.2. The van der Waals surface area contributed by atoms with Crippen LogP contribution >= 0.6 is 0 Å². The van der Waals surface area contributed by atoms with Crippen molar-refractivity contribution in [2.75, 3.05) is 30.4 Å². The van der Waals surface area contributed by atoms with Gasteiger partial charge in [-0.2, -0.15) is 0 Å². The quantitative estimate of drug-likeness (QED) is 0.794. The number of likely N-dealkylation sites (N-methyl/N-ethyl adjacent to an activating group) is 1. The lowest BCUT2D eigenvalue weighted by Crippen LogP contribution is -2.27. The molecule has 2 aromatic rings. The van der Waals surface area contributed by atoms with Crippen molar-refractivity contribution < 1.29 is 14.0 Å². The molecule has 0 saturated carbocycles. The van der Waals surface area contributed by atoms with E-state index >= 15 is 0 Å². The van der Waals surface area contributed by atoms with Gasteiger partial charge in [-0.15, -0.1) is 0 Å². The summed E-state index contributed by atoms with van der Waals surface area (Å²) in [5.41, 5.74) is 2.74. The van der Waals surface area contributed by atoms with Gasteiger partial charge in [0.1, 0.15) is 11.5 Å². The zero-order chi connectivity index (χ0) is 19.6. The molecule has 0 atom stereocenters. The SMILES string of the molecule is CCN(CC)c1ccc(NC2=C(c3ccc(F)cc3)C(=O)N(C)C2=O)cc1. The molecule has 3 rings (SSSR count). The van der Waals surface area contributed by atoms with Gasteiger partial charge in [0, 0.05) is 31.5 Å². The number of halogens is 1. The maximum Gasteiger partial charge on any atom is 0.277 e. The van der Waals surface area contributed by atoms with Crippen LogP contribution in [0, 0.1) is 5.82 Å². The van der Waals surface area contributed by atoms with Gasteiger partial charge in [-0.05, 0) is 55.8 Å². The molecule has 1 aliphatic heterocycles. The van der Waals surface area contributed by atoms with E-state index in [1.807, 2.05) is 24.3 Å². The van der Waals surface area contributed by atoms with E-state index in [1.165, 1.54) is 31.3 Å². The zero-order valence-corrected chi connectivity index (χ0v) is 15.6. The van der Waals surface area contributed by atoms with Crippen LogP contribution in [0.2, 0.25) is 0 Å². The second kappa shape index (κ2) is 7.61. The van der Waals surface area contributed by atoms with Crippen LogP contribution in [0.5, 0.6) is 0 Å². The Hall–Kier alpha value is -3.15. The highest BCUT2D eigenvalue weighted by Crippen LogP contribution is 2.30. The monoisotopic (exact) mass is 367 g/mol. The van der Waals surface area contributed by atoms with Crippen molar-refractivity contribution in [2.24, 2.45) is 0 Å². The first-order valence-corrected chi connectivity index (χ1v) is 8.90. The Labute approximate surface area is 158 Å². The number of hydrogen-bond acceptors (Lipinski definition) is 4. The van der Waals surface area contributed by atoms with E-state index in [0.717, 1.165) is 23.7 Å². The van der Waals surface area contributed by atoms with Crippen molar-refractivity contribution in [1.82, 2.24) is 4.90 Å². The molecule has 0 fully saturated rings. The minimum Gasteiger partial charge on any atom is -0.372 e. The number of carbonyl (C=O) groups is 2. The first-order valence-electron chi connectivity index (χ1n) is 8.90. The maximum atomic E-state index is 13.2. The van der Waals surface area contributed by atoms with Gasteiger partial charge in [-0.3, -0.25) is 14.5 Å². The van der Waals surface area contributed by atoms with Crippen molar-refractivity contribution in [3.8, 4) is 0 Å². The van der Waals surface area contributed by atoms with Crippen molar-refractivity contribution >= 4 is 28.8 Å². The van der Waals surface area contributed by atoms with Crippen LogP contribution in [-0.4, -0.2) is 36.9 Å². The van der Waals surface area contributed by atoms with E-state index in [0.29, 0.717) is 11.3 Å². The normalized spacial score (nSPS) is 14.1. The van der Waals surface area contributed by atoms with Crippen molar-refractivity contribution in [3.05, 3.63) is 65.6 Å². The number of imide groups is 1. The summed E-state index contributed by atoms with van der Waals surface area (Å²) < 4.78 is 13.2. The van der Waals surface area contributed by atoms with Gasteiger partial charge in [0.15, 0.2) is 0 Å². The second-order valence-corrected chi connectivity index (χ2v) is 6.27. The lowest BCUT2D eigenvalue weighted by molar-refractivity contribution is -0.135. The summed E-state index contributed by atoms with van der Waals surface area (Å²) in [6, 6.07) is 13.2. The van der Waals surface area contributed by atoms with E-state index in [9.17, 15) is 14.0 Å². The molecule has 1 N–H and O–H groups in total. The molecule has 0 aliphatic carbocycles. The molecule has 5 nitrogen and oxygen atoms in total. The summed E-state index contributed by atoms with van der Waals surface area (Å²) in [5.74, 6) is -1.22. The molecule has 2 aromatic carbocycles. The molecule has 1 aliphatic rings. The summed E-state index contributed by atoms with van der Waals surface area (Å²) >= 11 is 0. The van der Waals surface area contributed by atoms with E-state index < -0.39 is 17.6 Å². The van der Waals surface area contributed by atoms with Gasteiger partial charge in [0.05, 0.1) is 5.57 Å². The molecule has 140 valence electrons. The van der Waals surface area contributed by atoms with Crippen LogP contribution < -0.4 is 10.2 Å². The Morgan fingerprint density at radius 2 is 1.52 bits per heavy atom. The van der Waals surface area contributed by atoms with Gasteiger partial charge in [-0.1, -0.05) is 12.1 Å². The summed E-state index contributed by atoms with van der Waals surface area (Å²) in [7, 11) is 1.44. The van der Waals surface area contributed by atoms with E-state index in [1.54, 1.807) is 0 Å². The Balaban J connectivity index is 1.95. The Bertz CT molecular complexity index is 885. The van der Waals surface area contributed by atoms with Crippen LogP contribution in [0.15, 0.2) is 54.2 Å². The fraction of sp³-hybridized carbons (Fsp3) is 0.238. The molecule has 0 radical (unpaired) electrons. The predicted molar refractivity (Wildman–Crippen MR) is 105 cm³/mol. The number of benzene rings is 2. The zero-order valence-electron chi connectivity index (χ0n) is 15.6. The highest BCUT2D eigenvalue weighted by atomic mass is 19.1. The number of rotatable bonds is 6. The molecule has 0 bridgehead atoms. The number of anilines is 2. The summed E-state index contributed by atoms with van der Waals surface area (Å²) in [6.45, 7) is 5.99. The highest BCUT2D eigenvalue weighted by molar-refractivity contribution is 6.36. The summed E-state index contributed by atoms with van der Waals surface area (Å²) in [6.07, 6.45) is 0. The summed E-state index contributed by atoms with van der Waals surface area (Å²) in [5, 5.41) is 3.07. The minimum absolute atomic E-state index is 0.199. The molecule has 0 aromatic heterocycles. The van der Waals surface area contributed by atoms with Crippen molar-refractivity contribution in [3.63, 3.8) is 0 Å². The predicted octanol–water partition coefficient (Wildman–Crippen LogP) is 3.49. The lowest BCUT2D eigenvalue weighted by atomic mass is 10.0. The standard InChI is InChI=1S/C21H22FN3O2/c1-4-25(5-2)17-12-10-16(11-13-17)23-19-18(20(26)24(3)21(19)27)14-6-8-15(22)9-7-14/h6-13,23H,4-5H2,1-3H3. The van der Waals surface area contributed by atoms with Gasteiger partial charge in [0.2, 0.25) is 0 Å². The fourth-order valence-corrected chi connectivity index (χ4v) is 3.13. The number of amides is 2. The number of nitrogens with zero attached hydrogens (tertiary/aromatic N) is 2. The Morgan fingerprint density at radius 3 is 2.07 bits per heavy atom. The van der Waals surface area contributed by atoms with Crippen LogP contribution in [-0.2, 0) is 9.59 Å². The average molecular weight is 367 g/mol. The molecule has 0 spiro atoms. The molecule has 0 saturated heterocycles. The largest absolute Gasteiger partial charge is 0.372 e. The molecular weight excluding hydrogens is 345 g/mol.